The summed E-state index contributed by atoms with van der Waals surface area (Å²) >= 11 is 5.50. The molecular weight excluding hydrogens is 266 g/mol. The number of aromatic amines is 1. The molecule has 0 bridgehead atoms. The van der Waals surface area contributed by atoms with Gasteiger partial charge < -0.3 is 5.32 Å². The second-order valence-corrected chi connectivity index (χ2v) is 4.25. The van der Waals surface area contributed by atoms with Crippen LogP contribution >= 0.6 is 11.6 Å². The molecule has 0 aliphatic rings. The van der Waals surface area contributed by atoms with E-state index in [0.717, 1.165) is 5.56 Å². The molecule has 2 rings (SSSR count). The first kappa shape index (κ1) is 13.3. The van der Waals surface area contributed by atoms with E-state index in [1.807, 2.05) is 6.07 Å². The number of carbonyl (C=O) groups is 1. The summed E-state index contributed by atoms with van der Waals surface area (Å²) in [6.45, 7) is 0. The zero-order chi connectivity index (χ0) is 13.7. The lowest BCUT2D eigenvalue weighted by Gasteiger charge is -2.06. The molecule has 2 aromatic rings. The highest BCUT2D eigenvalue weighted by atomic mass is 35.5. The molecule has 1 amide bonds. The van der Waals surface area contributed by atoms with Gasteiger partial charge in [0.05, 0.1) is 5.69 Å². The maximum atomic E-state index is 11.4. The van der Waals surface area contributed by atoms with Crippen LogP contribution in [0.2, 0.25) is 0 Å². The number of benzene rings is 1. The Morgan fingerprint density at radius 2 is 2.16 bits per heavy atom. The molecule has 98 valence electrons. The molecule has 0 spiro atoms. The molecule has 5 nitrogen and oxygen atoms in total. The van der Waals surface area contributed by atoms with Crippen LogP contribution < -0.4 is 10.9 Å². The van der Waals surface area contributed by atoms with Crippen LogP contribution in [0.1, 0.15) is 6.42 Å². The molecule has 1 aromatic carbocycles. The SMILES string of the molecule is O=C(CCCl)Nc1cccc(-c2ccc(=O)[nH]n2)c1. The van der Waals surface area contributed by atoms with Gasteiger partial charge in [0.15, 0.2) is 0 Å². The summed E-state index contributed by atoms with van der Waals surface area (Å²) in [5, 5.41) is 9.04. The lowest BCUT2D eigenvalue weighted by atomic mass is 10.1. The number of aromatic nitrogens is 2. The molecule has 0 aliphatic carbocycles. The fourth-order valence-electron chi connectivity index (χ4n) is 1.57. The minimum Gasteiger partial charge on any atom is -0.326 e. The van der Waals surface area contributed by atoms with E-state index in [9.17, 15) is 9.59 Å². The van der Waals surface area contributed by atoms with Gasteiger partial charge in [-0.25, -0.2) is 5.10 Å². The number of hydrogen-bond acceptors (Lipinski definition) is 3. The zero-order valence-electron chi connectivity index (χ0n) is 10.0. The Kier molecular flexibility index (Phi) is 4.30. The van der Waals surface area contributed by atoms with E-state index in [1.165, 1.54) is 6.07 Å². The van der Waals surface area contributed by atoms with Crippen LogP contribution in [0, 0.1) is 0 Å². The summed E-state index contributed by atoms with van der Waals surface area (Å²) < 4.78 is 0. The van der Waals surface area contributed by atoms with E-state index < -0.39 is 0 Å². The predicted octanol–water partition coefficient (Wildman–Crippen LogP) is 2.00. The molecule has 1 heterocycles. The van der Waals surface area contributed by atoms with Crippen LogP contribution in [-0.2, 0) is 4.79 Å². The molecule has 2 N–H and O–H groups in total. The highest BCUT2D eigenvalue weighted by molar-refractivity contribution is 6.19. The van der Waals surface area contributed by atoms with Gasteiger partial charge in [0.1, 0.15) is 0 Å². The normalized spacial score (nSPS) is 10.2. The second-order valence-electron chi connectivity index (χ2n) is 3.87. The van der Waals surface area contributed by atoms with Crippen molar-refractivity contribution in [2.24, 2.45) is 0 Å². The predicted molar refractivity (Wildman–Crippen MR) is 74.3 cm³/mol. The molecular formula is C13H12ClN3O2. The van der Waals surface area contributed by atoms with Gasteiger partial charge in [-0.1, -0.05) is 12.1 Å². The van der Waals surface area contributed by atoms with Gasteiger partial charge in [0, 0.05) is 29.6 Å². The number of alkyl halides is 1. The number of nitrogens with zero attached hydrogens (tertiary/aromatic N) is 1. The zero-order valence-corrected chi connectivity index (χ0v) is 10.8. The van der Waals surface area contributed by atoms with Gasteiger partial charge in [-0.05, 0) is 18.2 Å². The summed E-state index contributed by atoms with van der Waals surface area (Å²) in [4.78, 5) is 22.4. The van der Waals surface area contributed by atoms with Crippen molar-refractivity contribution in [1.29, 1.82) is 0 Å². The average molecular weight is 278 g/mol. The Labute approximate surface area is 114 Å². The topological polar surface area (TPSA) is 74.8 Å². The van der Waals surface area contributed by atoms with Crippen LogP contribution in [-0.4, -0.2) is 22.0 Å². The lowest BCUT2D eigenvalue weighted by Crippen LogP contribution is -2.11. The van der Waals surface area contributed by atoms with Crippen molar-refractivity contribution in [2.45, 2.75) is 6.42 Å². The Hall–Kier alpha value is -2.14. The Balaban J connectivity index is 2.21. The summed E-state index contributed by atoms with van der Waals surface area (Å²) in [6.07, 6.45) is 0.267. The smallest absolute Gasteiger partial charge is 0.264 e. The number of anilines is 1. The molecule has 19 heavy (non-hydrogen) atoms. The summed E-state index contributed by atoms with van der Waals surface area (Å²) in [6, 6.07) is 10.2. The monoisotopic (exact) mass is 277 g/mol. The molecule has 0 radical (unpaired) electrons. The van der Waals surface area contributed by atoms with Gasteiger partial charge in [0.25, 0.3) is 5.56 Å². The Morgan fingerprint density at radius 3 is 2.84 bits per heavy atom. The van der Waals surface area contributed by atoms with E-state index in [0.29, 0.717) is 11.4 Å². The Bertz CT molecular complexity index is 619. The molecule has 6 heteroatoms. The van der Waals surface area contributed by atoms with Crippen LogP contribution in [0.4, 0.5) is 5.69 Å². The van der Waals surface area contributed by atoms with Crippen LogP contribution in [0.25, 0.3) is 11.3 Å². The minimum absolute atomic E-state index is 0.137. The van der Waals surface area contributed by atoms with Gasteiger partial charge in [-0.15, -0.1) is 11.6 Å². The van der Waals surface area contributed by atoms with E-state index in [-0.39, 0.29) is 23.8 Å². The average Bonchev–Trinajstić information content (AvgIpc) is 2.40. The van der Waals surface area contributed by atoms with Crippen molar-refractivity contribution in [3.05, 3.63) is 46.8 Å². The van der Waals surface area contributed by atoms with Gasteiger partial charge in [-0.2, -0.15) is 5.10 Å². The molecule has 1 aromatic heterocycles. The maximum Gasteiger partial charge on any atom is 0.264 e. The molecule has 0 unspecified atom stereocenters. The first-order valence-electron chi connectivity index (χ1n) is 5.71. The van der Waals surface area contributed by atoms with E-state index in [4.69, 9.17) is 11.6 Å². The number of H-pyrrole nitrogens is 1. The molecule has 0 atom stereocenters. The largest absolute Gasteiger partial charge is 0.326 e. The molecule has 0 saturated heterocycles. The number of carbonyl (C=O) groups excluding carboxylic acids is 1. The van der Waals surface area contributed by atoms with Crippen molar-refractivity contribution >= 4 is 23.2 Å². The third-order valence-electron chi connectivity index (χ3n) is 2.44. The number of hydrogen-bond donors (Lipinski definition) is 2. The number of rotatable bonds is 4. The van der Waals surface area contributed by atoms with Crippen molar-refractivity contribution in [2.75, 3.05) is 11.2 Å². The number of halogens is 1. The first-order valence-corrected chi connectivity index (χ1v) is 6.24. The van der Waals surface area contributed by atoms with Crippen molar-refractivity contribution in [1.82, 2.24) is 10.2 Å². The molecule has 0 aliphatic heterocycles. The van der Waals surface area contributed by atoms with Crippen LogP contribution in [0.15, 0.2) is 41.2 Å². The van der Waals surface area contributed by atoms with Gasteiger partial charge in [-0.3, -0.25) is 9.59 Å². The molecule has 0 saturated carbocycles. The number of nitrogens with one attached hydrogen (secondary N) is 2. The highest BCUT2D eigenvalue weighted by Gasteiger charge is 2.04. The van der Waals surface area contributed by atoms with Crippen LogP contribution in [0.5, 0.6) is 0 Å². The first-order chi connectivity index (χ1) is 9.19. The second kappa shape index (κ2) is 6.15. The Morgan fingerprint density at radius 1 is 1.32 bits per heavy atom. The van der Waals surface area contributed by atoms with Crippen molar-refractivity contribution in [3.63, 3.8) is 0 Å². The summed E-state index contributed by atoms with van der Waals surface area (Å²) in [5.41, 5.74) is 1.85. The minimum atomic E-state index is -0.254. The van der Waals surface area contributed by atoms with Crippen molar-refractivity contribution in [3.8, 4) is 11.3 Å². The van der Waals surface area contributed by atoms with Gasteiger partial charge >= 0.3 is 0 Å². The standard InChI is InChI=1S/C13H12ClN3O2/c14-7-6-12(18)15-10-3-1-2-9(8-10)11-4-5-13(19)17-16-11/h1-5,8H,6-7H2,(H,15,18)(H,17,19). The quantitative estimate of drug-likeness (QED) is 0.840. The fraction of sp³-hybridized carbons (Fsp3) is 0.154. The summed E-state index contributed by atoms with van der Waals surface area (Å²) in [7, 11) is 0. The van der Waals surface area contributed by atoms with Gasteiger partial charge in [0.2, 0.25) is 5.91 Å². The van der Waals surface area contributed by atoms with E-state index in [1.54, 1.807) is 24.3 Å². The number of amides is 1. The third kappa shape index (κ3) is 3.66. The summed E-state index contributed by atoms with van der Waals surface area (Å²) in [5.74, 6) is 0.147. The molecule has 0 fully saturated rings. The van der Waals surface area contributed by atoms with Crippen molar-refractivity contribution < 1.29 is 4.79 Å². The van der Waals surface area contributed by atoms with E-state index in [2.05, 4.69) is 15.5 Å². The van der Waals surface area contributed by atoms with Crippen LogP contribution in [0.3, 0.4) is 0 Å². The maximum absolute atomic E-state index is 11.4. The lowest BCUT2D eigenvalue weighted by molar-refractivity contribution is -0.115. The fourth-order valence-corrected chi connectivity index (χ4v) is 1.74. The third-order valence-corrected chi connectivity index (χ3v) is 2.63. The van der Waals surface area contributed by atoms with E-state index >= 15 is 0 Å². The highest BCUT2D eigenvalue weighted by Crippen LogP contribution is 2.19.